The van der Waals surface area contributed by atoms with E-state index in [1.165, 1.54) is 29.7 Å². The first-order chi connectivity index (χ1) is 15.3. The van der Waals surface area contributed by atoms with E-state index in [2.05, 4.69) is 0 Å². The van der Waals surface area contributed by atoms with E-state index >= 15 is 0 Å². The normalized spacial score (nSPS) is 11.3. The van der Waals surface area contributed by atoms with E-state index < -0.39 is 9.84 Å². The summed E-state index contributed by atoms with van der Waals surface area (Å²) in [6.07, 6.45) is 1.17. The van der Waals surface area contributed by atoms with Crippen molar-refractivity contribution >= 4 is 21.2 Å². The third-order valence-electron chi connectivity index (χ3n) is 4.76. The lowest BCUT2D eigenvalue weighted by Gasteiger charge is -2.05. The maximum atomic E-state index is 13.4. The molecule has 0 amide bonds. The van der Waals surface area contributed by atoms with E-state index in [4.69, 9.17) is 14.5 Å². The molecule has 1 heterocycles. The second-order valence-electron chi connectivity index (χ2n) is 7.05. The molecule has 0 radical (unpaired) electrons. The fraction of sp³-hybridized carbons (Fsp3) is 0.125. The number of halogens is 1. The van der Waals surface area contributed by atoms with Gasteiger partial charge in [0, 0.05) is 11.8 Å². The van der Waals surface area contributed by atoms with Crippen LogP contribution in [0.4, 0.5) is 4.39 Å². The molecule has 32 heavy (non-hydrogen) atoms. The maximum absolute atomic E-state index is 13.4. The highest BCUT2D eigenvalue weighted by molar-refractivity contribution is 7.90. The van der Waals surface area contributed by atoms with Crippen LogP contribution in [0.5, 0.6) is 11.5 Å². The van der Waals surface area contributed by atoms with Gasteiger partial charge in [0.05, 0.1) is 22.6 Å². The van der Waals surface area contributed by atoms with Crippen molar-refractivity contribution < 1.29 is 22.3 Å². The van der Waals surface area contributed by atoms with Crippen LogP contribution in [0.3, 0.4) is 0 Å². The third kappa shape index (κ3) is 4.98. The molecule has 0 saturated heterocycles. The SMILES string of the molecule is COc1ccc(OCc2nc(-c3ccc(F)cc3)c(-c3ccc(S(C)(=O)=O)cc3)s2)cc1. The van der Waals surface area contributed by atoms with Crippen molar-refractivity contribution in [2.24, 2.45) is 0 Å². The lowest BCUT2D eigenvalue weighted by molar-refractivity contribution is 0.305. The molecule has 0 spiro atoms. The number of ether oxygens (including phenoxy) is 2. The Balaban J connectivity index is 1.67. The topological polar surface area (TPSA) is 65.5 Å². The van der Waals surface area contributed by atoms with Gasteiger partial charge in [0.25, 0.3) is 0 Å². The van der Waals surface area contributed by atoms with E-state index in [0.717, 1.165) is 26.8 Å². The lowest BCUT2D eigenvalue weighted by Crippen LogP contribution is -1.96. The minimum atomic E-state index is -3.29. The maximum Gasteiger partial charge on any atom is 0.175 e. The van der Waals surface area contributed by atoms with Crippen LogP contribution in [0.1, 0.15) is 5.01 Å². The molecule has 8 heteroatoms. The molecule has 0 saturated carbocycles. The largest absolute Gasteiger partial charge is 0.497 e. The standard InChI is InChI=1S/C24H20FNO4S2/c1-29-19-9-11-20(12-10-19)30-15-22-26-23(16-3-7-18(25)8-4-16)24(31-22)17-5-13-21(14-6-17)32(2,27)28/h3-14H,15H2,1-2H3. The Labute approximate surface area is 190 Å². The van der Waals surface area contributed by atoms with E-state index in [-0.39, 0.29) is 17.3 Å². The van der Waals surface area contributed by atoms with Crippen LogP contribution in [-0.4, -0.2) is 26.8 Å². The van der Waals surface area contributed by atoms with Gasteiger partial charge in [-0.15, -0.1) is 11.3 Å². The number of hydrogen-bond acceptors (Lipinski definition) is 6. The molecule has 0 aliphatic heterocycles. The van der Waals surface area contributed by atoms with Crippen molar-refractivity contribution in [2.75, 3.05) is 13.4 Å². The first kappa shape index (κ1) is 22.0. The van der Waals surface area contributed by atoms with Crippen LogP contribution in [0, 0.1) is 5.82 Å². The zero-order chi connectivity index (χ0) is 22.7. The van der Waals surface area contributed by atoms with E-state index in [9.17, 15) is 12.8 Å². The first-order valence-corrected chi connectivity index (χ1v) is 12.4. The fourth-order valence-corrected chi connectivity index (χ4v) is 4.73. The van der Waals surface area contributed by atoms with Crippen LogP contribution in [0.2, 0.25) is 0 Å². The summed E-state index contributed by atoms with van der Waals surface area (Å²) in [6, 6.07) is 20.0. The Hall–Kier alpha value is -3.23. The smallest absolute Gasteiger partial charge is 0.175 e. The summed E-state index contributed by atoms with van der Waals surface area (Å²) in [4.78, 5) is 5.83. The Morgan fingerprint density at radius 3 is 2.06 bits per heavy atom. The molecule has 4 rings (SSSR count). The number of methoxy groups -OCH3 is 1. The molecule has 0 aliphatic carbocycles. The number of hydrogen-bond donors (Lipinski definition) is 0. The molecule has 5 nitrogen and oxygen atoms in total. The molecule has 0 unspecified atom stereocenters. The van der Waals surface area contributed by atoms with Gasteiger partial charge < -0.3 is 9.47 Å². The quantitative estimate of drug-likeness (QED) is 0.352. The summed E-state index contributed by atoms with van der Waals surface area (Å²) < 4.78 is 48.1. The van der Waals surface area contributed by atoms with Crippen LogP contribution in [0.15, 0.2) is 77.7 Å². The van der Waals surface area contributed by atoms with Crippen LogP contribution in [-0.2, 0) is 16.4 Å². The van der Waals surface area contributed by atoms with E-state index in [1.54, 1.807) is 43.5 Å². The summed E-state index contributed by atoms with van der Waals surface area (Å²) >= 11 is 1.45. The van der Waals surface area contributed by atoms with Gasteiger partial charge in [-0.05, 0) is 66.2 Å². The highest BCUT2D eigenvalue weighted by atomic mass is 32.2. The molecular formula is C24H20FNO4S2. The number of sulfone groups is 1. The van der Waals surface area contributed by atoms with Gasteiger partial charge >= 0.3 is 0 Å². The number of benzene rings is 3. The van der Waals surface area contributed by atoms with Crippen molar-refractivity contribution in [1.29, 1.82) is 0 Å². The summed E-state index contributed by atoms with van der Waals surface area (Å²) in [6.45, 7) is 0.257. The van der Waals surface area contributed by atoms with Crippen LogP contribution in [0.25, 0.3) is 21.7 Å². The van der Waals surface area contributed by atoms with Crippen molar-refractivity contribution in [3.63, 3.8) is 0 Å². The van der Waals surface area contributed by atoms with Crippen molar-refractivity contribution in [2.45, 2.75) is 11.5 Å². The summed E-state index contributed by atoms with van der Waals surface area (Å²) in [5.74, 6) is 1.10. The van der Waals surface area contributed by atoms with E-state index in [0.29, 0.717) is 11.4 Å². The van der Waals surface area contributed by atoms with Gasteiger partial charge in [-0.2, -0.15) is 0 Å². The summed E-state index contributed by atoms with van der Waals surface area (Å²) in [5, 5.41) is 0.738. The summed E-state index contributed by atoms with van der Waals surface area (Å²) in [7, 11) is -1.69. The molecule has 0 aliphatic rings. The molecule has 4 aromatic rings. The molecule has 0 atom stereocenters. The predicted octanol–water partition coefficient (Wildman–Crippen LogP) is 5.61. The Kier molecular flexibility index (Phi) is 6.25. The molecule has 164 valence electrons. The molecule has 1 aromatic heterocycles. The predicted molar refractivity (Wildman–Crippen MR) is 123 cm³/mol. The van der Waals surface area contributed by atoms with Crippen molar-refractivity contribution in [1.82, 2.24) is 4.98 Å². The Morgan fingerprint density at radius 2 is 1.47 bits per heavy atom. The van der Waals surface area contributed by atoms with Gasteiger partial charge in [-0.3, -0.25) is 0 Å². The Morgan fingerprint density at radius 1 is 0.875 bits per heavy atom. The third-order valence-corrected chi connectivity index (χ3v) is 6.96. The second kappa shape index (κ2) is 9.10. The van der Waals surface area contributed by atoms with Gasteiger partial charge in [0.1, 0.15) is 28.9 Å². The van der Waals surface area contributed by atoms with Crippen molar-refractivity contribution in [3.8, 4) is 33.2 Å². The lowest BCUT2D eigenvalue weighted by atomic mass is 10.1. The second-order valence-corrected chi connectivity index (χ2v) is 10.2. The minimum Gasteiger partial charge on any atom is -0.497 e. The van der Waals surface area contributed by atoms with Crippen molar-refractivity contribution in [3.05, 3.63) is 83.6 Å². The van der Waals surface area contributed by atoms with Gasteiger partial charge in [0.15, 0.2) is 9.84 Å². The number of aromatic nitrogens is 1. The highest BCUT2D eigenvalue weighted by Crippen LogP contribution is 2.37. The Bertz CT molecular complexity index is 1310. The zero-order valence-electron chi connectivity index (χ0n) is 17.4. The molecular weight excluding hydrogens is 449 g/mol. The average Bonchev–Trinajstić information content (AvgIpc) is 3.22. The molecule has 0 N–H and O–H groups in total. The molecule has 3 aromatic carbocycles. The number of thiazole rings is 1. The highest BCUT2D eigenvalue weighted by Gasteiger charge is 2.17. The number of rotatable bonds is 7. The minimum absolute atomic E-state index is 0.247. The van der Waals surface area contributed by atoms with Crippen LogP contribution >= 0.6 is 11.3 Å². The van der Waals surface area contributed by atoms with E-state index in [1.807, 2.05) is 24.3 Å². The monoisotopic (exact) mass is 469 g/mol. The number of nitrogens with zero attached hydrogens (tertiary/aromatic N) is 1. The molecule has 0 bridgehead atoms. The van der Waals surface area contributed by atoms with Gasteiger partial charge in [-0.25, -0.2) is 17.8 Å². The zero-order valence-corrected chi connectivity index (χ0v) is 19.0. The average molecular weight is 470 g/mol. The summed E-state index contributed by atoms with van der Waals surface area (Å²) in [5.41, 5.74) is 2.28. The first-order valence-electron chi connectivity index (χ1n) is 9.66. The van der Waals surface area contributed by atoms with Gasteiger partial charge in [-0.1, -0.05) is 12.1 Å². The fourth-order valence-electron chi connectivity index (χ4n) is 3.10. The molecule has 0 fully saturated rings. The van der Waals surface area contributed by atoms with Crippen LogP contribution < -0.4 is 9.47 Å². The van der Waals surface area contributed by atoms with Gasteiger partial charge in [0.2, 0.25) is 0 Å².